The largest absolute Gasteiger partial charge is 0.472 e. The van der Waals surface area contributed by atoms with Crippen LogP contribution in [0, 0.1) is 0 Å². The molecule has 0 radical (unpaired) electrons. The molecular weight excluding hydrogens is 1090 g/mol. The number of nitrogens with one attached hydrogen (secondary N) is 1. The number of allylic oxidation sites excluding steroid dienone is 21. The molecule has 0 aromatic carbocycles. The first-order chi connectivity index (χ1) is 42.5. The normalized spacial score (nSPS) is 14.4. The van der Waals surface area contributed by atoms with E-state index in [1.807, 2.05) is 27.2 Å². The Morgan fingerprint density at radius 2 is 0.701 bits per heavy atom. The van der Waals surface area contributed by atoms with E-state index >= 15 is 0 Å². The highest BCUT2D eigenvalue weighted by Crippen LogP contribution is 2.43. The quantitative estimate of drug-likeness (QED) is 0.0243. The first kappa shape index (κ1) is 83.6. The summed E-state index contributed by atoms with van der Waals surface area (Å²) < 4.78 is 23.8. The highest BCUT2D eigenvalue weighted by atomic mass is 31.2. The van der Waals surface area contributed by atoms with Crippen molar-refractivity contribution in [1.82, 2.24) is 5.32 Å². The topological polar surface area (TPSA) is 105 Å². The van der Waals surface area contributed by atoms with Crippen molar-refractivity contribution in [2.45, 2.75) is 315 Å². The maximum Gasteiger partial charge on any atom is 0.472 e. The molecule has 9 heteroatoms. The maximum absolute atomic E-state index is 13.1. The summed E-state index contributed by atoms with van der Waals surface area (Å²) in [6, 6.07) is -0.887. The number of likely N-dealkylation sites (N-methyl/N-ethyl adjacent to an activating group) is 1. The van der Waals surface area contributed by atoms with Crippen molar-refractivity contribution in [3.8, 4) is 0 Å². The van der Waals surface area contributed by atoms with Crippen LogP contribution in [0.5, 0.6) is 0 Å². The molecule has 0 aliphatic carbocycles. The number of nitrogens with zero attached hydrogens (tertiary/aromatic N) is 1. The van der Waals surface area contributed by atoms with E-state index in [4.69, 9.17) is 9.05 Å². The fraction of sp³-hybridized carbons (Fsp3) is 0.705. The second-order valence-corrected chi connectivity index (χ2v) is 26.7. The molecule has 87 heavy (non-hydrogen) atoms. The van der Waals surface area contributed by atoms with E-state index in [0.29, 0.717) is 17.4 Å². The van der Waals surface area contributed by atoms with Crippen LogP contribution in [0.2, 0.25) is 0 Å². The van der Waals surface area contributed by atoms with Crippen LogP contribution in [0.4, 0.5) is 0 Å². The number of aliphatic hydroxyl groups excluding tert-OH is 1. The molecule has 0 bridgehead atoms. The van der Waals surface area contributed by atoms with Crippen molar-refractivity contribution in [1.29, 1.82) is 0 Å². The zero-order chi connectivity index (χ0) is 63.4. The van der Waals surface area contributed by atoms with Crippen LogP contribution in [0.15, 0.2) is 134 Å². The molecule has 0 aromatic rings. The molecule has 0 saturated carbocycles. The average molecular weight is 1230 g/mol. The number of aliphatic hydroxyl groups is 1. The van der Waals surface area contributed by atoms with Crippen LogP contribution in [-0.4, -0.2) is 73.4 Å². The second kappa shape index (κ2) is 67.0. The molecule has 0 saturated heterocycles. The summed E-state index contributed by atoms with van der Waals surface area (Å²) >= 11 is 0. The number of hydrogen-bond donors (Lipinski definition) is 3. The van der Waals surface area contributed by atoms with Crippen molar-refractivity contribution in [3.63, 3.8) is 0 Å². The van der Waals surface area contributed by atoms with Gasteiger partial charge in [-0.2, -0.15) is 0 Å². The van der Waals surface area contributed by atoms with Crippen LogP contribution in [0.1, 0.15) is 303 Å². The van der Waals surface area contributed by atoms with Gasteiger partial charge in [-0.05, 0) is 103 Å². The van der Waals surface area contributed by atoms with E-state index in [0.717, 1.165) is 116 Å². The van der Waals surface area contributed by atoms with Gasteiger partial charge in [-0.15, -0.1) is 0 Å². The van der Waals surface area contributed by atoms with Gasteiger partial charge in [-0.1, -0.05) is 327 Å². The van der Waals surface area contributed by atoms with E-state index in [2.05, 4.69) is 141 Å². The Morgan fingerprint density at radius 1 is 0.402 bits per heavy atom. The number of unbranched alkanes of at least 4 members (excludes halogenated alkanes) is 32. The van der Waals surface area contributed by atoms with Gasteiger partial charge in [0.25, 0.3) is 0 Å². The van der Waals surface area contributed by atoms with Crippen molar-refractivity contribution in [2.24, 2.45) is 0 Å². The number of carbonyl (C=O) groups is 1. The summed E-state index contributed by atoms with van der Waals surface area (Å²) in [5, 5.41) is 14.0. The van der Waals surface area contributed by atoms with Crippen LogP contribution in [-0.2, 0) is 18.4 Å². The lowest BCUT2D eigenvalue weighted by Crippen LogP contribution is -2.45. The molecule has 8 nitrogen and oxygen atoms in total. The van der Waals surface area contributed by atoms with E-state index < -0.39 is 20.0 Å². The van der Waals surface area contributed by atoms with Crippen molar-refractivity contribution in [2.75, 3.05) is 40.9 Å². The third kappa shape index (κ3) is 70.0. The lowest BCUT2D eigenvalue weighted by Gasteiger charge is -2.25. The molecule has 0 aliphatic rings. The molecule has 0 aliphatic heterocycles. The minimum atomic E-state index is -4.38. The van der Waals surface area contributed by atoms with Crippen LogP contribution in [0.25, 0.3) is 0 Å². The average Bonchev–Trinajstić information content (AvgIpc) is 3.71. The molecule has 0 spiro atoms. The Hall–Kier alpha value is -3.36. The number of hydrogen-bond acceptors (Lipinski definition) is 5. The number of rotatable bonds is 65. The highest BCUT2D eigenvalue weighted by Gasteiger charge is 2.28. The fourth-order valence-electron chi connectivity index (χ4n) is 10.1. The Bertz CT molecular complexity index is 1880. The van der Waals surface area contributed by atoms with E-state index in [-0.39, 0.29) is 19.1 Å². The number of phosphoric ester groups is 1. The van der Waals surface area contributed by atoms with Gasteiger partial charge in [0.15, 0.2) is 0 Å². The molecule has 0 heterocycles. The zero-order valence-corrected chi connectivity index (χ0v) is 58.1. The number of quaternary nitrogens is 1. The van der Waals surface area contributed by atoms with Crippen LogP contribution >= 0.6 is 7.82 Å². The predicted molar refractivity (Wildman–Crippen MR) is 382 cm³/mol. The summed E-state index contributed by atoms with van der Waals surface area (Å²) in [5.74, 6) is -0.208. The van der Waals surface area contributed by atoms with Crippen LogP contribution < -0.4 is 5.32 Å². The van der Waals surface area contributed by atoms with Gasteiger partial charge in [-0.3, -0.25) is 13.8 Å². The lowest BCUT2D eigenvalue weighted by molar-refractivity contribution is -0.870. The molecule has 500 valence electrons. The molecule has 0 rings (SSSR count). The number of phosphoric acid groups is 1. The Balaban J connectivity index is 4.20. The summed E-state index contributed by atoms with van der Waals surface area (Å²) in [4.78, 5) is 23.4. The first-order valence-corrected chi connectivity index (χ1v) is 37.6. The molecular formula is C78H138N2O6P+. The van der Waals surface area contributed by atoms with Gasteiger partial charge in [0, 0.05) is 6.42 Å². The third-order valence-electron chi connectivity index (χ3n) is 15.6. The minimum absolute atomic E-state index is 0.0450. The molecule has 1 amide bonds. The molecule has 3 N–H and O–H groups in total. The SMILES string of the molecule is CC/C=C\C/C=C\C/C=C\C/C=C\C/C=C\C/C=C\C/C=C\C/C=C\C/C=C\CCCCCCCC(=O)NC(COP(=O)(O)OCC[N+](C)(C)C)C(O)/C=C/CC/C=C/CCCCCCCCCCCCCCCCCCCCCCCCCCCC. The van der Waals surface area contributed by atoms with Gasteiger partial charge < -0.3 is 19.8 Å². The Labute approximate surface area is 538 Å². The zero-order valence-electron chi connectivity index (χ0n) is 57.2. The van der Waals surface area contributed by atoms with Gasteiger partial charge in [0.05, 0.1) is 39.9 Å². The second-order valence-electron chi connectivity index (χ2n) is 25.2. The summed E-state index contributed by atoms with van der Waals surface area (Å²) in [7, 11) is 1.53. The summed E-state index contributed by atoms with van der Waals surface area (Å²) in [6.45, 7) is 4.68. The Morgan fingerprint density at radius 3 is 1.06 bits per heavy atom. The maximum atomic E-state index is 13.1. The minimum Gasteiger partial charge on any atom is -0.387 e. The molecule has 3 unspecified atom stereocenters. The standard InChI is InChI=1S/C78H137N2O6P/c1-6-8-10-12-14-16-18-20-22-24-26-28-30-32-34-36-38-40-42-44-46-48-50-52-54-56-58-60-62-64-66-68-70-72-78(82)79-76(75-86-87(83,84)85-74-73-80(3,4)5)77(81)71-69-67-65-63-61-59-57-55-53-51-49-47-45-43-41-39-37-35-33-31-29-27-25-23-21-19-17-15-13-11-9-7-2/h8,10,14,16,20,22,26,28,32,34,38,40,44,46,50,52,56,58,61,63,69,71,76-77,81H,6-7,9,11-13,15,17-19,21,23-25,27,29-31,33,35-37,39,41-43,45,47-49,51,53-55,57,59-60,62,64-68,70,72-75H2,1-5H3,(H-,79,82,83,84)/p+1/b10-8-,16-14-,22-20-,28-26-,34-32-,40-38-,46-44-,52-50-,58-56-,63-61+,71-69+. The Kier molecular flexibility index (Phi) is 64.5. The number of carbonyl (C=O) groups excluding carboxylic acids is 1. The highest BCUT2D eigenvalue weighted by molar-refractivity contribution is 7.47. The van der Waals surface area contributed by atoms with Crippen LogP contribution in [0.3, 0.4) is 0 Å². The van der Waals surface area contributed by atoms with E-state index in [1.54, 1.807) is 6.08 Å². The van der Waals surface area contributed by atoms with Gasteiger partial charge in [0.2, 0.25) is 5.91 Å². The smallest absolute Gasteiger partial charge is 0.387 e. The summed E-state index contributed by atoms with van der Waals surface area (Å²) in [6.07, 6.45) is 102. The third-order valence-corrected chi connectivity index (χ3v) is 16.6. The van der Waals surface area contributed by atoms with Crippen molar-refractivity contribution in [3.05, 3.63) is 134 Å². The van der Waals surface area contributed by atoms with Gasteiger partial charge in [-0.25, -0.2) is 4.57 Å². The predicted octanol–water partition coefficient (Wildman–Crippen LogP) is 23.4. The molecule has 0 fully saturated rings. The van der Waals surface area contributed by atoms with Crippen molar-refractivity contribution >= 4 is 13.7 Å². The molecule has 0 aromatic heterocycles. The van der Waals surface area contributed by atoms with E-state index in [1.165, 1.54) is 167 Å². The lowest BCUT2D eigenvalue weighted by atomic mass is 10.0. The van der Waals surface area contributed by atoms with Crippen molar-refractivity contribution < 1.29 is 32.9 Å². The van der Waals surface area contributed by atoms with Gasteiger partial charge >= 0.3 is 7.82 Å². The van der Waals surface area contributed by atoms with Gasteiger partial charge in [0.1, 0.15) is 13.2 Å². The number of amides is 1. The first-order valence-electron chi connectivity index (χ1n) is 36.1. The summed E-state index contributed by atoms with van der Waals surface area (Å²) in [5.41, 5.74) is 0. The fourth-order valence-corrected chi connectivity index (χ4v) is 10.8. The van der Waals surface area contributed by atoms with E-state index in [9.17, 15) is 19.4 Å². The molecule has 3 atom stereocenters. The monoisotopic (exact) mass is 1230 g/mol.